The van der Waals surface area contributed by atoms with E-state index in [-0.39, 0.29) is 0 Å². The first-order valence-corrected chi connectivity index (χ1v) is 18.8. The van der Waals surface area contributed by atoms with Gasteiger partial charge >= 0.3 is 0 Å². The lowest BCUT2D eigenvalue weighted by Crippen LogP contribution is -2.10. The van der Waals surface area contributed by atoms with Crippen molar-refractivity contribution in [2.45, 2.75) is 41.5 Å². The summed E-state index contributed by atoms with van der Waals surface area (Å²) in [5.41, 5.74) is 19.2. The Bertz CT molecular complexity index is 2280. The van der Waals surface area contributed by atoms with Crippen molar-refractivity contribution in [3.63, 3.8) is 0 Å². The van der Waals surface area contributed by atoms with Crippen LogP contribution < -0.4 is 9.80 Å². The topological polar surface area (TPSA) is 6.48 Å². The fraction of sp³-hybridized carbons (Fsp3) is 0.115. The molecule has 0 N–H and O–H groups in total. The smallest absolute Gasteiger partial charge is 0.0464 e. The Morgan fingerprint density at radius 2 is 0.630 bits per heavy atom. The summed E-state index contributed by atoms with van der Waals surface area (Å²) in [5, 5.41) is 0. The summed E-state index contributed by atoms with van der Waals surface area (Å²) in [5.74, 6) is 0. The van der Waals surface area contributed by atoms with Crippen LogP contribution in [-0.2, 0) is 0 Å². The molecule has 0 fully saturated rings. The van der Waals surface area contributed by atoms with Crippen LogP contribution in [0.1, 0.15) is 55.6 Å². The zero-order valence-corrected chi connectivity index (χ0v) is 32.2. The molecule has 7 aromatic rings. The molecule has 2 nitrogen and oxygen atoms in total. The second kappa shape index (κ2) is 16.1. The first-order valence-electron chi connectivity index (χ1n) is 18.8. The van der Waals surface area contributed by atoms with Crippen LogP contribution in [0.2, 0.25) is 0 Å². The maximum absolute atomic E-state index is 2.33. The van der Waals surface area contributed by atoms with Gasteiger partial charge in [-0.1, -0.05) is 103 Å². The number of nitrogens with zero attached hydrogens (tertiary/aromatic N) is 2. The van der Waals surface area contributed by atoms with Gasteiger partial charge in [0.1, 0.15) is 0 Å². The van der Waals surface area contributed by atoms with Crippen LogP contribution in [0.5, 0.6) is 0 Å². The molecule has 7 rings (SSSR count). The van der Waals surface area contributed by atoms with Gasteiger partial charge < -0.3 is 9.80 Å². The lowest BCUT2D eigenvalue weighted by Gasteiger charge is -2.26. The van der Waals surface area contributed by atoms with Crippen molar-refractivity contribution in [3.8, 4) is 0 Å². The molecule has 0 spiro atoms. The van der Waals surface area contributed by atoms with Crippen molar-refractivity contribution < 1.29 is 0 Å². The van der Waals surface area contributed by atoms with Gasteiger partial charge in [0, 0.05) is 34.1 Å². The Hall–Kier alpha value is -6.38. The van der Waals surface area contributed by atoms with Crippen LogP contribution in [0.3, 0.4) is 0 Å². The number of anilines is 6. The van der Waals surface area contributed by atoms with Gasteiger partial charge in [-0.15, -0.1) is 0 Å². The molecule has 7 aromatic carbocycles. The van der Waals surface area contributed by atoms with E-state index in [0.29, 0.717) is 0 Å². The summed E-state index contributed by atoms with van der Waals surface area (Å²) < 4.78 is 0. The van der Waals surface area contributed by atoms with Crippen molar-refractivity contribution in [1.82, 2.24) is 0 Å². The number of hydrogen-bond acceptors (Lipinski definition) is 2. The molecule has 0 aliphatic rings. The minimum Gasteiger partial charge on any atom is -0.310 e. The van der Waals surface area contributed by atoms with Crippen LogP contribution in [0, 0.1) is 41.5 Å². The summed E-state index contributed by atoms with van der Waals surface area (Å²) in [6, 6.07) is 56.7. The van der Waals surface area contributed by atoms with Crippen LogP contribution in [0.15, 0.2) is 158 Å². The van der Waals surface area contributed by atoms with Gasteiger partial charge in [0.05, 0.1) is 0 Å². The quantitative estimate of drug-likeness (QED) is 0.131. The van der Waals surface area contributed by atoms with Crippen molar-refractivity contribution in [2.24, 2.45) is 0 Å². The minimum absolute atomic E-state index is 1.14. The van der Waals surface area contributed by atoms with E-state index in [1.807, 2.05) is 0 Å². The number of aryl methyl sites for hydroxylation is 6. The first-order chi connectivity index (χ1) is 26.2. The van der Waals surface area contributed by atoms with Crippen LogP contribution >= 0.6 is 0 Å². The molecule has 0 saturated carbocycles. The molecule has 0 radical (unpaired) electrons. The highest BCUT2D eigenvalue weighted by molar-refractivity contribution is 5.82. The monoisotopic (exact) mass is 700 g/mol. The number of para-hydroxylation sites is 2. The largest absolute Gasteiger partial charge is 0.310 e. The molecule has 0 unspecified atom stereocenters. The molecule has 54 heavy (non-hydrogen) atoms. The molecule has 266 valence electrons. The Labute approximate surface area is 322 Å². The Kier molecular flexibility index (Phi) is 10.7. The van der Waals surface area contributed by atoms with E-state index in [1.54, 1.807) is 0 Å². The molecule has 0 amide bonds. The molecule has 0 heterocycles. The first kappa shape index (κ1) is 36.0. The van der Waals surface area contributed by atoms with Crippen LogP contribution in [0.4, 0.5) is 34.1 Å². The number of hydrogen-bond donors (Lipinski definition) is 0. The van der Waals surface area contributed by atoms with E-state index in [4.69, 9.17) is 0 Å². The van der Waals surface area contributed by atoms with E-state index >= 15 is 0 Å². The van der Waals surface area contributed by atoms with Crippen molar-refractivity contribution in [3.05, 3.63) is 213 Å². The molecule has 0 aromatic heterocycles. The van der Waals surface area contributed by atoms with Gasteiger partial charge in [0.2, 0.25) is 0 Å². The number of rotatable bonds is 10. The van der Waals surface area contributed by atoms with E-state index in [9.17, 15) is 0 Å². The predicted octanol–water partition coefficient (Wildman–Crippen LogP) is 14.8. The summed E-state index contributed by atoms with van der Waals surface area (Å²) in [6.07, 6.45) is 9.01. The fourth-order valence-corrected chi connectivity index (χ4v) is 7.16. The lowest BCUT2D eigenvalue weighted by atomic mass is 9.97. The van der Waals surface area contributed by atoms with Gasteiger partial charge in [-0.2, -0.15) is 0 Å². The molecular weight excluding hydrogens is 653 g/mol. The fourth-order valence-electron chi connectivity index (χ4n) is 7.16. The lowest BCUT2D eigenvalue weighted by molar-refractivity contribution is 1.26. The zero-order valence-electron chi connectivity index (χ0n) is 32.2. The highest BCUT2D eigenvalue weighted by atomic mass is 15.1. The van der Waals surface area contributed by atoms with E-state index in [2.05, 4.69) is 233 Å². The summed E-state index contributed by atoms with van der Waals surface area (Å²) in [7, 11) is 0. The molecular formula is C52H48N2. The van der Waals surface area contributed by atoms with Crippen LogP contribution in [-0.4, -0.2) is 0 Å². The summed E-state index contributed by atoms with van der Waals surface area (Å²) in [4.78, 5) is 4.66. The molecule has 0 atom stereocenters. The maximum Gasteiger partial charge on any atom is 0.0464 e. The second-order valence-corrected chi connectivity index (χ2v) is 14.3. The molecule has 0 aliphatic carbocycles. The summed E-state index contributed by atoms with van der Waals surface area (Å²) in [6.45, 7) is 13.1. The average Bonchev–Trinajstić information content (AvgIpc) is 3.16. The zero-order chi connectivity index (χ0) is 37.6. The summed E-state index contributed by atoms with van der Waals surface area (Å²) >= 11 is 0. The van der Waals surface area contributed by atoms with Gasteiger partial charge in [0.25, 0.3) is 0 Å². The van der Waals surface area contributed by atoms with Gasteiger partial charge in [0.15, 0.2) is 0 Å². The molecule has 0 aliphatic heterocycles. The SMILES string of the molecule is Cc1cccc(N(c2ccccc2)c2ccc(C=Cc3cc(C=Cc4ccc(N(c5ccccc5)c5cccc(C)c5)cc4C)c(C)cc3C)c(C)c2)c1. The highest BCUT2D eigenvalue weighted by Gasteiger charge is 2.15. The van der Waals surface area contributed by atoms with E-state index in [1.165, 1.54) is 55.6 Å². The number of benzene rings is 7. The van der Waals surface area contributed by atoms with Gasteiger partial charge in [-0.25, -0.2) is 0 Å². The standard InChI is InChI=1S/C52H48N2/c1-37-15-13-21-49(31-37)53(47-17-9-7-10-18-47)51-29-27-43(41(5)34-51)23-25-45-36-46(40(4)33-39(45)3)26-24-44-28-30-52(35-42(44)6)54(48-19-11-8-12-20-48)50-22-14-16-38(2)32-50/h7-36H,1-6H3. The van der Waals surface area contributed by atoms with Crippen molar-refractivity contribution >= 4 is 58.4 Å². The average molecular weight is 701 g/mol. The molecule has 2 heteroatoms. The van der Waals surface area contributed by atoms with E-state index in [0.717, 1.165) is 34.1 Å². The van der Waals surface area contributed by atoms with Crippen molar-refractivity contribution in [1.29, 1.82) is 0 Å². The Balaban J connectivity index is 1.14. The Morgan fingerprint density at radius 3 is 1.02 bits per heavy atom. The van der Waals surface area contributed by atoms with E-state index < -0.39 is 0 Å². The van der Waals surface area contributed by atoms with Gasteiger partial charge in [-0.3, -0.25) is 0 Å². The second-order valence-electron chi connectivity index (χ2n) is 14.3. The predicted molar refractivity (Wildman–Crippen MR) is 235 cm³/mol. The normalized spacial score (nSPS) is 11.4. The highest BCUT2D eigenvalue weighted by Crippen LogP contribution is 2.37. The van der Waals surface area contributed by atoms with Crippen molar-refractivity contribution in [2.75, 3.05) is 9.80 Å². The third kappa shape index (κ3) is 8.14. The van der Waals surface area contributed by atoms with Gasteiger partial charge in [-0.05, 0) is 176 Å². The molecule has 0 bridgehead atoms. The third-order valence-electron chi connectivity index (χ3n) is 10.1. The Morgan fingerprint density at radius 1 is 0.278 bits per heavy atom. The minimum atomic E-state index is 1.14. The van der Waals surface area contributed by atoms with Crippen LogP contribution in [0.25, 0.3) is 24.3 Å². The maximum atomic E-state index is 2.33. The molecule has 0 saturated heterocycles. The third-order valence-corrected chi connectivity index (χ3v) is 10.1.